The van der Waals surface area contributed by atoms with Crippen LogP contribution in [-0.2, 0) is 11.3 Å². The lowest BCUT2D eigenvalue weighted by Gasteiger charge is -2.18. The number of hydrogen-bond donors (Lipinski definition) is 2. The van der Waals surface area contributed by atoms with Crippen molar-refractivity contribution in [2.45, 2.75) is 32.4 Å². The minimum Gasteiger partial charge on any atom is -0.493 e. The maximum atomic E-state index is 9.66. The van der Waals surface area contributed by atoms with E-state index >= 15 is 0 Å². The van der Waals surface area contributed by atoms with Gasteiger partial charge in [0.1, 0.15) is 5.75 Å². The average Bonchev–Trinajstić information content (AvgIpc) is 2.35. The van der Waals surface area contributed by atoms with Gasteiger partial charge in [-0.2, -0.15) is 0 Å². The Kier molecular flexibility index (Phi) is 6.84. The monoisotopic (exact) mass is 267 g/mol. The van der Waals surface area contributed by atoms with Gasteiger partial charge in [-0.1, -0.05) is 18.2 Å². The molecule has 4 nitrogen and oxygen atoms in total. The second-order valence-corrected chi connectivity index (χ2v) is 5.19. The van der Waals surface area contributed by atoms with Crippen molar-refractivity contribution in [1.82, 2.24) is 5.32 Å². The summed E-state index contributed by atoms with van der Waals surface area (Å²) in [4.78, 5) is 0. The fourth-order valence-electron chi connectivity index (χ4n) is 1.60. The van der Waals surface area contributed by atoms with Gasteiger partial charge in [-0.15, -0.1) is 0 Å². The van der Waals surface area contributed by atoms with Crippen LogP contribution in [0.15, 0.2) is 24.3 Å². The number of para-hydroxylation sites is 1. The lowest BCUT2D eigenvalue weighted by molar-refractivity contribution is 0.0552. The van der Waals surface area contributed by atoms with Crippen molar-refractivity contribution in [2.24, 2.45) is 0 Å². The molecule has 4 heteroatoms. The lowest BCUT2D eigenvalue weighted by atomic mass is 10.1. The first kappa shape index (κ1) is 16.0. The Hall–Kier alpha value is -1.10. The minimum absolute atomic E-state index is 0.512. The Bertz CT molecular complexity index is 361. The van der Waals surface area contributed by atoms with Crippen molar-refractivity contribution >= 4 is 0 Å². The molecule has 0 radical (unpaired) electrons. The maximum Gasteiger partial charge on any atom is 0.123 e. The first-order chi connectivity index (χ1) is 9.03. The summed E-state index contributed by atoms with van der Waals surface area (Å²) in [5.74, 6) is 0.872. The summed E-state index contributed by atoms with van der Waals surface area (Å²) in [6.07, 6.45) is 0.610. The van der Waals surface area contributed by atoms with Gasteiger partial charge in [0.15, 0.2) is 0 Å². The van der Waals surface area contributed by atoms with Gasteiger partial charge in [0, 0.05) is 32.2 Å². The molecule has 0 aliphatic carbocycles. The molecule has 0 saturated heterocycles. The van der Waals surface area contributed by atoms with Crippen LogP contribution in [0.1, 0.15) is 25.8 Å². The summed E-state index contributed by atoms with van der Waals surface area (Å²) in [6.45, 7) is 6.35. The van der Waals surface area contributed by atoms with E-state index < -0.39 is 5.60 Å². The molecule has 108 valence electrons. The average molecular weight is 267 g/mol. The van der Waals surface area contributed by atoms with Crippen LogP contribution >= 0.6 is 0 Å². The summed E-state index contributed by atoms with van der Waals surface area (Å²) >= 11 is 0. The van der Waals surface area contributed by atoms with Crippen molar-refractivity contribution in [3.8, 4) is 5.75 Å². The van der Waals surface area contributed by atoms with Crippen molar-refractivity contribution in [2.75, 3.05) is 26.9 Å². The molecule has 0 unspecified atom stereocenters. The molecule has 0 amide bonds. The van der Waals surface area contributed by atoms with Gasteiger partial charge in [-0.25, -0.2) is 0 Å². The molecule has 0 bridgehead atoms. The van der Waals surface area contributed by atoms with Crippen molar-refractivity contribution in [1.29, 1.82) is 0 Å². The van der Waals surface area contributed by atoms with Crippen LogP contribution in [0.25, 0.3) is 0 Å². The van der Waals surface area contributed by atoms with E-state index in [2.05, 4.69) is 5.32 Å². The van der Waals surface area contributed by atoms with Crippen LogP contribution in [0.5, 0.6) is 5.75 Å². The zero-order valence-electron chi connectivity index (χ0n) is 12.1. The molecular formula is C15H25NO3. The highest BCUT2D eigenvalue weighted by Gasteiger charge is 2.12. The minimum atomic E-state index is -0.689. The summed E-state index contributed by atoms with van der Waals surface area (Å²) in [7, 11) is 1.69. The highest BCUT2D eigenvalue weighted by Crippen LogP contribution is 2.19. The van der Waals surface area contributed by atoms with Crippen LogP contribution in [0.4, 0.5) is 0 Å². The Morgan fingerprint density at radius 3 is 2.63 bits per heavy atom. The topological polar surface area (TPSA) is 50.7 Å². The second kappa shape index (κ2) is 8.15. The Morgan fingerprint density at radius 1 is 1.21 bits per heavy atom. The molecule has 2 N–H and O–H groups in total. The van der Waals surface area contributed by atoms with E-state index in [0.717, 1.165) is 24.4 Å². The number of methoxy groups -OCH3 is 1. The predicted octanol–water partition coefficient (Wildman–Crippen LogP) is 1.96. The summed E-state index contributed by atoms with van der Waals surface area (Å²) in [5.41, 5.74) is 0.431. The molecule has 0 aromatic heterocycles. The lowest BCUT2D eigenvalue weighted by Crippen LogP contribution is -2.22. The number of benzene rings is 1. The third-order valence-corrected chi connectivity index (χ3v) is 2.74. The fourth-order valence-corrected chi connectivity index (χ4v) is 1.60. The number of ether oxygens (including phenoxy) is 2. The van der Waals surface area contributed by atoms with Crippen LogP contribution in [0.3, 0.4) is 0 Å². The molecule has 0 saturated carbocycles. The van der Waals surface area contributed by atoms with Crippen molar-refractivity contribution < 1.29 is 14.6 Å². The first-order valence-corrected chi connectivity index (χ1v) is 6.65. The normalized spacial score (nSPS) is 11.6. The Labute approximate surface area is 115 Å². The van der Waals surface area contributed by atoms with Gasteiger partial charge >= 0.3 is 0 Å². The molecule has 1 rings (SSSR count). The molecular weight excluding hydrogens is 242 g/mol. The van der Waals surface area contributed by atoms with E-state index in [1.54, 1.807) is 21.0 Å². The van der Waals surface area contributed by atoms with E-state index in [9.17, 15) is 5.11 Å². The van der Waals surface area contributed by atoms with E-state index in [1.807, 2.05) is 24.3 Å². The van der Waals surface area contributed by atoms with Gasteiger partial charge in [0.05, 0.1) is 18.8 Å². The third kappa shape index (κ3) is 7.15. The summed E-state index contributed by atoms with van der Waals surface area (Å²) < 4.78 is 10.7. The molecule has 0 aliphatic heterocycles. The van der Waals surface area contributed by atoms with Crippen LogP contribution in [0, 0.1) is 0 Å². The molecule has 0 spiro atoms. The van der Waals surface area contributed by atoms with Gasteiger partial charge < -0.3 is 19.9 Å². The second-order valence-electron chi connectivity index (χ2n) is 5.19. The quantitative estimate of drug-likeness (QED) is 0.672. The van der Waals surface area contributed by atoms with Gasteiger partial charge in [0.2, 0.25) is 0 Å². The number of nitrogens with one attached hydrogen (secondary N) is 1. The zero-order chi connectivity index (χ0) is 14.1. The predicted molar refractivity (Wildman–Crippen MR) is 76.4 cm³/mol. The molecule has 0 fully saturated rings. The first-order valence-electron chi connectivity index (χ1n) is 6.65. The van der Waals surface area contributed by atoms with Crippen LogP contribution < -0.4 is 10.1 Å². The van der Waals surface area contributed by atoms with E-state index in [1.165, 1.54) is 0 Å². The SMILES string of the molecule is COCCNCc1ccccc1OCCC(C)(C)O. The molecule has 1 aromatic rings. The maximum absolute atomic E-state index is 9.66. The largest absolute Gasteiger partial charge is 0.493 e. The third-order valence-electron chi connectivity index (χ3n) is 2.74. The highest BCUT2D eigenvalue weighted by atomic mass is 16.5. The Morgan fingerprint density at radius 2 is 1.95 bits per heavy atom. The summed E-state index contributed by atoms with van der Waals surface area (Å²) in [6, 6.07) is 7.95. The van der Waals surface area contributed by atoms with Crippen molar-refractivity contribution in [3.63, 3.8) is 0 Å². The summed E-state index contributed by atoms with van der Waals surface area (Å²) in [5, 5.41) is 13.0. The van der Waals surface area contributed by atoms with Gasteiger partial charge in [-0.05, 0) is 19.9 Å². The molecule has 19 heavy (non-hydrogen) atoms. The zero-order valence-corrected chi connectivity index (χ0v) is 12.1. The molecule has 1 aromatic carbocycles. The van der Waals surface area contributed by atoms with Crippen molar-refractivity contribution in [3.05, 3.63) is 29.8 Å². The van der Waals surface area contributed by atoms with E-state index in [4.69, 9.17) is 9.47 Å². The molecule has 0 heterocycles. The number of rotatable bonds is 9. The van der Waals surface area contributed by atoms with E-state index in [0.29, 0.717) is 19.6 Å². The number of aliphatic hydroxyl groups is 1. The van der Waals surface area contributed by atoms with Crippen LogP contribution in [-0.4, -0.2) is 37.6 Å². The highest BCUT2D eigenvalue weighted by molar-refractivity contribution is 5.33. The van der Waals surface area contributed by atoms with Gasteiger partial charge in [0.25, 0.3) is 0 Å². The molecule has 0 atom stereocenters. The van der Waals surface area contributed by atoms with Crippen LogP contribution in [0.2, 0.25) is 0 Å². The Balaban J connectivity index is 2.44. The fraction of sp³-hybridized carbons (Fsp3) is 0.600. The smallest absolute Gasteiger partial charge is 0.123 e. The van der Waals surface area contributed by atoms with E-state index in [-0.39, 0.29) is 0 Å². The standard InChI is InChI=1S/C15H25NO3/c1-15(2,17)8-10-19-14-7-5-4-6-13(14)12-16-9-11-18-3/h4-7,16-17H,8-12H2,1-3H3. The number of hydrogen-bond acceptors (Lipinski definition) is 4. The van der Waals surface area contributed by atoms with Gasteiger partial charge in [-0.3, -0.25) is 0 Å². The molecule has 0 aliphatic rings.